The van der Waals surface area contributed by atoms with E-state index in [2.05, 4.69) is 20.2 Å². The van der Waals surface area contributed by atoms with Gasteiger partial charge in [-0.05, 0) is 26.0 Å². The molecule has 3 N–H and O–H groups in total. The summed E-state index contributed by atoms with van der Waals surface area (Å²) in [6.45, 7) is 6.50. The highest BCUT2D eigenvalue weighted by atomic mass is 32.2. The molecule has 0 unspecified atom stereocenters. The highest BCUT2D eigenvalue weighted by Gasteiger charge is 2.17. The maximum atomic E-state index is 12.2. The van der Waals surface area contributed by atoms with Gasteiger partial charge in [0, 0.05) is 24.3 Å². The Labute approximate surface area is 125 Å². The number of aromatic amines is 1. The summed E-state index contributed by atoms with van der Waals surface area (Å²) in [5, 5.41) is 10.2. The molecular weight excluding hydrogens is 288 g/mol. The van der Waals surface area contributed by atoms with Crippen LogP contribution in [0.5, 0.6) is 0 Å². The predicted molar refractivity (Wildman–Crippen MR) is 82.7 cm³/mol. The first-order valence-electron chi connectivity index (χ1n) is 6.78. The minimum absolute atomic E-state index is 0.255. The van der Waals surface area contributed by atoms with E-state index in [0.717, 1.165) is 17.0 Å². The van der Waals surface area contributed by atoms with E-state index in [9.17, 15) is 8.42 Å². The number of para-hydroxylation sites is 1. The number of benzene rings is 1. The molecule has 2 rings (SSSR count). The van der Waals surface area contributed by atoms with Crippen molar-refractivity contribution in [1.82, 2.24) is 14.9 Å². The number of sulfonamides is 1. The Balaban J connectivity index is 2.26. The van der Waals surface area contributed by atoms with Gasteiger partial charge in [0.05, 0.1) is 11.4 Å². The summed E-state index contributed by atoms with van der Waals surface area (Å²) in [5.41, 5.74) is 3.52. The fourth-order valence-corrected chi connectivity index (χ4v) is 3.36. The van der Waals surface area contributed by atoms with Crippen molar-refractivity contribution >= 4 is 15.7 Å². The van der Waals surface area contributed by atoms with Crippen LogP contribution in [0.1, 0.15) is 23.9 Å². The number of hydrogen-bond donors (Lipinski definition) is 3. The van der Waals surface area contributed by atoms with E-state index >= 15 is 0 Å². The SMILES string of the molecule is CCNS(=O)(=O)c1ccccc1NCc1c(C)n[nH]c1C. The topological polar surface area (TPSA) is 86.9 Å². The first kappa shape index (κ1) is 15.5. The molecule has 1 aromatic heterocycles. The second kappa shape index (κ2) is 6.28. The summed E-state index contributed by atoms with van der Waals surface area (Å²) < 4.78 is 26.9. The van der Waals surface area contributed by atoms with Gasteiger partial charge in [-0.15, -0.1) is 0 Å². The van der Waals surface area contributed by atoms with E-state index in [-0.39, 0.29) is 4.90 Å². The lowest BCUT2D eigenvalue weighted by molar-refractivity contribution is 0.584. The first-order chi connectivity index (χ1) is 9.95. The molecule has 2 aromatic rings. The lowest BCUT2D eigenvalue weighted by Crippen LogP contribution is -2.24. The first-order valence-corrected chi connectivity index (χ1v) is 8.27. The molecule has 0 aliphatic rings. The van der Waals surface area contributed by atoms with Gasteiger partial charge in [0.15, 0.2) is 0 Å². The lowest BCUT2D eigenvalue weighted by atomic mass is 10.2. The molecule has 0 fully saturated rings. The molecule has 1 heterocycles. The Morgan fingerprint density at radius 3 is 2.57 bits per heavy atom. The molecule has 7 heteroatoms. The monoisotopic (exact) mass is 308 g/mol. The molecule has 0 aliphatic heterocycles. The molecule has 0 saturated carbocycles. The van der Waals surface area contributed by atoms with E-state index in [0.29, 0.717) is 18.8 Å². The molecule has 21 heavy (non-hydrogen) atoms. The molecule has 0 amide bonds. The largest absolute Gasteiger partial charge is 0.380 e. The molecule has 1 aromatic carbocycles. The van der Waals surface area contributed by atoms with Crippen molar-refractivity contribution < 1.29 is 8.42 Å². The summed E-state index contributed by atoms with van der Waals surface area (Å²) >= 11 is 0. The summed E-state index contributed by atoms with van der Waals surface area (Å²) in [6, 6.07) is 6.87. The van der Waals surface area contributed by atoms with Gasteiger partial charge in [0.25, 0.3) is 0 Å². The standard InChI is InChI=1S/C14H20N4O2S/c1-4-16-21(19,20)14-8-6-5-7-13(14)15-9-12-10(2)17-18-11(12)3/h5-8,15-16H,4,9H2,1-3H3,(H,17,18). The Morgan fingerprint density at radius 2 is 1.95 bits per heavy atom. The van der Waals surface area contributed by atoms with Crippen LogP contribution >= 0.6 is 0 Å². The van der Waals surface area contributed by atoms with E-state index in [4.69, 9.17) is 0 Å². The Hall–Kier alpha value is -1.86. The summed E-state index contributed by atoms with van der Waals surface area (Å²) in [6.07, 6.45) is 0. The van der Waals surface area contributed by atoms with Crippen LogP contribution in [-0.4, -0.2) is 25.2 Å². The second-order valence-electron chi connectivity index (χ2n) is 4.76. The van der Waals surface area contributed by atoms with Crippen LogP contribution in [0.3, 0.4) is 0 Å². The van der Waals surface area contributed by atoms with Crippen molar-refractivity contribution in [3.8, 4) is 0 Å². The average Bonchev–Trinajstić information content (AvgIpc) is 2.76. The van der Waals surface area contributed by atoms with Crippen LogP contribution < -0.4 is 10.0 Å². The molecule has 0 atom stereocenters. The van der Waals surface area contributed by atoms with E-state index in [1.807, 2.05) is 19.9 Å². The van der Waals surface area contributed by atoms with E-state index < -0.39 is 10.0 Å². The smallest absolute Gasteiger partial charge is 0.242 e. The van der Waals surface area contributed by atoms with Crippen LogP contribution in [0.15, 0.2) is 29.2 Å². The fourth-order valence-electron chi connectivity index (χ4n) is 2.13. The maximum Gasteiger partial charge on any atom is 0.242 e. The van der Waals surface area contributed by atoms with E-state index in [1.165, 1.54) is 0 Å². The minimum Gasteiger partial charge on any atom is -0.380 e. The number of aromatic nitrogens is 2. The zero-order chi connectivity index (χ0) is 15.5. The molecule has 114 valence electrons. The number of anilines is 1. The van der Waals surface area contributed by atoms with Crippen molar-refractivity contribution in [2.45, 2.75) is 32.2 Å². The van der Waals surface area contributed by atoms with Gasteiger partial charge in [-0.3, -0.25) is 5.10 Å². The van der Waals surface area contributed by atoms with Gasteiger partial charge in [-0.25, -0.2) is 13.1 Å². The van der Waals surface area contributed by atoms with Crippen molar-refractivity contribution in [3.05, 3.63) is 41.2 Å². The number of rotatable bonds is 6. The van der Waals surface area contributed by atoms with Crippen LogP contribution in [0, 0.1) is 13.8 Å². The van der Waals surface area contributed by atoms with Gasteiger partial charge in [0.2, 0.25) is 10.0 Å². The Bertz CT molecular complexity index is 703. The molecule has 0 radical (unpaired) electrons. The second-order valence-corrected chi connectivity index (χ2v) is 6.50. The van der Waals surface area contributed by atoms with Crippen LogP contribution in [0.2, 0.25) is 0 Å². The normalized spacial score (nSPS) is 11.6. The summed E-state index contributed by atoms with van der Waals surface area (Å²) in [5.74, 6) is 0. The van der Waals surface area contributed by atoms with Gasteiger partial charge >= 0.3 is 0 Å². The van der Waals surface area contributed by atoms with Crippen LogP contribution in [0.25, 0.3) is 0 Å². The highest BCUT2D eigenvalue weighted by molar-refractivity contribution is 7.89. The quantitative estimate of drug-likeness (QED) is 0.761. The number of aryl methyl sites for hydroxylation is 2. The maximum absolute atomic E-state index is 12.2. The minimum atomic E-state index is -3.49. The van der Waals surface area contributed by atoms with Crippen LogP contribution in [-0.2, 0) is 16.6 Å². The Kier molecular flexibility index (Phi) is 4.64. The summed E-state index contributed by atoms with van der Waals surface area (Å²) in [4.78, 5) is 0.255. The number of nitrogens with zero attached hydrogens (tertiary/aromatic N) is 1. The molecule has 0 spiro atoms. The molecule has 0 aliphatic carbocycles. The zero-order valence-corrected chi connectivity index (χ0v) is 13.2. The molecular formula is C14H20N4O2S. The third kappa shape index (κ3) is 3.43. The number of H-pyrrole nitrogens is 1. The van der Waals surface area contributed by atoms with Crippen molar-refractivity contribution in [2.24, 2.45) is 0 Å². The van der Waals surface area contributed by atoms with Gasteiger partial charge in [-0.2, -0.15) is 5.10 Å². The third-order valence-corrected chi connectivity index (χ3v) is 4.85. The van der Waals surface area contributed by atoms with Gasteiger partial charge in [-0.1, -0.05) is 19.1 Å². The zero-order valence-electron chi connectivity index (χ0n) is 12.4. The van der Waals surface area contributed by atoms with Gasteiger partial charge in [0.1, 0.15) is 4.90 Å². The summed E-state index contributed by atoms with van der Waals surface area (Å²) in [7, 11) is -3.49. The molecule has 6 nitrogen and oxygen atoms in total. The van der Waals surface area contributed by atoms with Crippen LogP contribution in [0.4, 0.5) is 5.69 Å². The lowest BCUT2D eigenvalue weighted by Gasteiger charge is -2.12. The third-order valence-electron chi connectivity index (χ3n) is 3.25. The van der Waals surface area contributed by atoms with E-state index in [1.54, 1.807) is 25.1 Å². The number of nitrogens with one attached hydrogen (secondary N) is 3. The highest BCUT2D eigenvalue weighted by Crippen LogP contribution is 2.22. The average molecular weight is 308 g/mol. The van der Waals surface area contributed by atoms with Crippen molar-refractivity contribution in [3.63, 3.8) is 0 Å². The predicted octanol–water partition coefficient (Wildman–Crippen LogP) is 1.94. The molecule has 0 bridgehead atoms. The fraction of sp³-hybridized carbons (Fsp3) is 0.357. The van der Waals surface area contributed by atoms with Crippen molar-refractivity contribution in [1.29, 1.82) is 0 Å². The van der Waals surface area contributed by atoms with Crippen molar-refractivity contribution in [2.75, 3.05) is 11.9 Å². The molecule has 0 saturated heterocycles. The van der Waals surface area contributed by atoms with Gasteiger partial charge < -0.3 is 5.32 Å². The number of hydrogen-bond acceptors (Lipinski definition) is 4. The Morgan fingerprint density at radius 1 is 1.24 bits per heavy atom.